The average molecular weight is 227 g/mol. The van der Waals surface area contributed by atoms with Gasteiger partial charge in [0.15, 0.2) is 0 Å². The molecule has 6 heteroatoms. The Balaban J connectivity index is 0.000000487. The van der Waals surface area contributed by atoms with Crippen LogP contribution in [0, 0.1) is 0 Å². The summed E-state index contributed by atoms with van der Waals surface area (Å²) in [6, 6.07) is 5.47. The lowest BCUT2D eigenvalue weighted by Gasteiger charge is -2.04. The third-order valence-corrected chi connectivity index (χ3v) is 1.77. The highest BCUT2D eigenvalue weighted by atomic mass is 16.4. The van der Waals surface area contributed by atoms with E-state index >= 15 is 0 Å². The topological polar surface area (TPSA) is 136 Å². The van der Waals surface area contributed by atoms with Crippen LogP contribution < -0.4 is 17.2 Å². The van der Waals surface area contributed by atoms with Gasteiger partial charge in [-0.25, -0.2) is 4.79 Å². The molecule has 0 spiro atoms. The fraction of sp³-hybridized carbons (Fsp3) is 0.300. The first kappa shape index (κ1) is 14.1. The maximum absolute atomic E-state index is 8.78. The summed E-state index contributed by atoms with van der Waals surface area (Å²) >= 11 is 0. The summed E-state index contributed by atoms with van der Waals surface area (Å²) in [6.07, 6.45) is 0.219. The molecule has 0 aromatic heterocycles. The van der Waals surface area contributed by atoms with Gasteiger partial charge < -0.3 is 27.4 Å². The SMILES string of the molecule is NC(=O)O.Nc1ccc(CCCO)c(N)c1. The van der Waals surface area contributed by atoms with Crippen LogP contribution in [0.2, 0.25) is 0 Å². The van der Waals surface area contributed by atoms with Gasteiger partial charge in [0.25, 0.3) is 0 Å². The van der Waals surface area contributed by atoms with Gasteiger partial charge in [0.1, 0.15) is 0 Å². The molecule has 0 unspecified atom stereocenters. The monoisotopic (exact) mass is 227 g/mol. The van der Waals surface area contributed by atoms with Crippen molar-refractivity contribution in [2.24, 2.45) is 5.73 Å². The molecule has 6 nitrogen and oxygen atoms in total. The predicted octanol–water partition coefficient (Wildman–Crippen LogP) is 0.399. The Kier molecular flexibility index (Phi) is 6.46. The molecule has 0 bridgehead atoms. The Morgan fingerprint density at radius 3 is 2.31 bits per heavy atom. The minimum absolute atomic E-state index is 0.198. The Labute approximate surface area is 93.7 Å². The molecule has 0 saturated carbocycles. The molecular formula is C10H17N3O3. The van der Waals surface area contributed by atoms with Crippen molar-refractivity contribution in [2.75, 3.05) is 18.1 Å². The van der Waals surface area contributed by atoms with Crippen LogP contribution in [0.15, 0.2) is 18.2 Å². The molecule has 1 amide bonds. The van der Waals surface area contributed by atoms with Gasteiger partial charge >= 0.3 is 6.09 Å². The van der Waals surface area contributed by atoms with Crippen molar-refractivity contribution in [1.82, 2.24) is 0 Å². The number of aliphatic hydroxyl groups excluding tert-OH is 1. The second-order valence-corrected chi connectivity index (χ2v) is 3.12. The molecule has 0 aliphatic heterocycles. The normalized spacial score (nSPS) is 9.06. The molecule has 90 valence electrons. The van der Waals surface area contributed by atoms with Crippen LogP contribution in [0.4, 0.5) is 16.2 Å². The van der Waals surface area contributed by atoms with Gasteiger partial charge in [-0.05, 0) is 30.5 Å². The predicted molar refractivity (Wildman–Crippen MR) is 62.9 cm³/mol. The summed E-state index contributed by atoms with van der Waals surface area (Å²) in [5.41, 5.74) is 17.7. The van der Waals surface area contributed by atoms with Crippen molar-refractivity contribution in [1.29, 1.82) is 0 Å². The number of benzene rings is 1. The van der Waals surface area contributed by atoms with E-state index in [1.54, 1.807) is 6.07 Å². The zero-order chi connectivity index (χ0) is 12.6. The van der Waals surface area contributed by atoms with Crippen LogP contribution in [0.3, 0.4) is 0 Å². The molecule has 8 N–H and O–H groups in total. The summed E-state index contributed by atoms with van der Waals surface area (Å²) < 4.78 is 0. The number of hydrogen-bond acceptors (Lipinski definition) is 4. The van der Waals surface area contributed by atoms with Crippen LogP contribution in [0.25, 0.3) is 0 Å². The van der Waals surface area contributed by atoms with Gasteiger partial charge in [0.05, 0.1) is 0 Å². The molecule has 0 heterocycles. The highest BCUT2D eigenvalue weighted by Gasteiger charge is 1.98. The van der Waals surface area contributed by atoms with E-state index in [0.29, 0.717) is 11.4 Å². The minimum Gasteiger partial charge on any atom is -0.465 e. The lowest BCUT2D eigenvalue weighted by atomic mass is 10.1. The van der Waals surface area contributed by atoms with E-state index in [1.165, 1.54) is 0 Å². The molecule has 0 atom stereocenters. The number of aliphatic hydroxyl groups is 1. The molecule has 16 heavy (non-hydrogen) atoms. The average Bonchev–Trinajstić information content (AvgIpc) is 2.15. The van der Waals surface area contributed by atoms with Crippen molar-refractivity contribution in [3.05, 3.63) is 23.8 Å². The van der Waals surface area contributed by atoms with Crippen molar-refractivity contribution in [3.8, 4) is 0 Å². The smallest absolute Gasteiger partial charge is 0.402 e. The molecule has 1 rings (SSSR count). The maximum Gasteiger partial charge on any atom is 0.402 e. The van der Waals surface area contributed by atoms with E-state index in [1.807, 2.05) is 12.1 Å². The Hall–Kier alpha value is -1.95. The third kappa shape index (κ3) is 6.50. The van der Waals surface area contributed by atoms with Gasteiger partial charge in [-0.2, -0.15) is 0 Å². The van der Waals surface area contributed by atoms with Crippen LogP contribution in [-0.4, -0.2) is 22.9 Å². The van der Waals surface area contributed by atoms with E-state index < -0.39 is 6.09 Å². The van der Waals surface area contributed by atoms with E-state index in [0.717, 1.165) is 18.4 Å². The molecule has 0 fully saturated rings. The fourth-order valence-electron chi connectivity index (χ4n) is 1.11. The maximum atomic E-state index is 8.78. The number of rotatable bonds is 3. The van der Waals surface area contributed by atoms with Crippen molar-refractivity contribution in [3.63, 3.8) is 0 Å². The number of anilines is 2. The van der Waals surface area contributed by atoms with E-state index in [-0.39, 0.29) is 6.61 Å². The molecule has 0 aliphatic carbocycles. The van der Waals surface area contributed by atoms with Crippen LogP contribution in [0.5, 0.6) is 0 Å². The first-order chi connectivity index (χ1) is 7.47. The van der Waals surface area contributed by atoms with Crippen LogP contribution >= 0.6 is 0 Å². The molecule has 1 aromatic carbocycles. The molecule has 0 saturated heterocycles. The number of carboxylic acid groups (broad SMARTS) is 1. The number of amides is 1. The summed E-state index contributed by atoms with van der Waals surface area (Å²) in [5.74, 6) is 0. The standard InChI is InChI=1S/C9H14N2O.CH3NO2/c10-8-4-3-7(2-1-5-12)9(11)6-8;2-1(3)4/h3-4,6,12H,1-2,5,10-11H2;2H2,(H,3,4). The minimum atomic E-state index is -1.33. The van der Waals surface area contributed by atoms with E-state index in [9.17, 15) is 0 Å². The largest absolute Gasteiger partial charge is 0.465 e. The fourth-order valence-corrected chi connectivity index (χ4v) is 1.11. The quantitative estimate of drug-likeness (QED) is 0.476. The molecule has 0 aliphatic rings. The number of hydrogen-bond donors (Lipinski definition) is 5. The summed E-state index contributed by atoms with van der Waals surface area (Å²) in [5, 5.41) is 15.8. The zero-order valence-corrected chi connectivity index (χ0v) is 8.89. The second kappa shape index (κ2) is 7.36. The summed E-state index contributed by atoms with van der Waals surface area (Å²) in [4.78, 5) is 8.78. The van der Waals surface area contributed by atoms with Gasteiger partial charge in [-0.15, -0.1) is 0 Å². The lowest BCUT2D eigenvalue weighted by molar-refractivity contribution is 0.205. The highest BCUT2D eigenvalue weighted by molar-refractivity contribution is 5.61. The number of nitrogens with two attached hydrogens (primary N) is 3. The van der Waals surface area contributed by atoms with Crippen LogP contribution in [0.1, 0.15) is 12.0 Å². The number of carbonyl (C=O) groups is 1. The number of primary amides is 1. The first-order valence-electron chi connectivity index (χ1n) is 4.70. The lowest BCUT2D eigenvalue weighted by Crippen LogP contribution is -2.03. The van der Waals surface area contributed by atoms with Gasteiger partial charge in [0.2, 0.25) is 0 Å². The third-order valence-electron chi connectivity index (χ3n) is 1.77. The van der Waals surface area contributed by atoms with Crippen molar-refractivity contribution >= 4 is 17.5 Å². The summed E-state index contributed by atoms with van der Waals surface area (Å²) in [7, 11) is 0. The number of aryl methyl sites for hydroxylation is 1. The Bertz CT molecular complexity index is 338. The first-order valence-corrected chi connectivity index (χ1v) is 4.70. The Morgan fingerprint density at radius 1 is 1.31 bits per heavy atom. The second-order valence-electron chi connectivity index (χ2n) is 3.12. The van der Waals surface area contributed by atoms with Crippen LogP contribution in [-0.2, 0) is 6.42 Å². The molecule has 0 radical (unpaired) electrons. The zero-order valence-electron chi connectivity index (χ0n) is 8.89. The highest BCUT2D eigenvalue weighted by Crippen LogP contribution is 2.16. The molecular weight excluding hydrogens is 210 g/mol. The van der Waals surface area contributed by atoms with E-state index in [2.05, 4.69) is 5.73 Å². The van der Waals surface area contributed by atoms with Crippen molar-refractivity contribution in [2.45, 2.75) is 12.8 Å². The van der Waals surface area contributed by atoms with Crippen molar-refractivity contribution < 1.29 is 15.0 Å². The molecule has 1 aromatic rings. The van der Waals surface area contributed by atoms with Gasteiger partial charge in [-0.1, -0.05) is 6.07 Å². The number of nitrogen functional groups attached to an aromatic ring is 2. The Morgan fingerprint density at radius 2 is 1.88 bits per heavy atom. The van der Waals surface area contributed by atoms with E-state index in [4.69, 9.17) is 26.5 Å². The van der Waals surface area contributed by atoms with Gasteiger partial charge in [-0.3, -0.25) is 0 Å². The summed E-state index contributed by atoms with van der Waals surface area (Å²) in [6.45, 7) is 0.198. The van der Waals surface area contributed by atoms with Gasteiger partial charge in [0, 0.05) is 18.0 Å².